The highest BCUT2D eigenvalue weighted by Gasteiger charge is 2.13. The van der Waals surface area contributed by atoms with Gasteiger partial charge in [0.1, 0.15) is 22.9 Å². The van der Waals surface area contributed by atoms with Gasteiger partial charge in [-0.05, 0) is 38.1 Å². The maximum absolute atomic E-state index is 11.6. The summed E-state index contributed by atoms with van der Waals surface area (Å²) in [6.45, 7) is 3.27. The van der Waals surface area contributed by atoms with Gasteiger partial charge in [0.25, 0.3) is 0 Å². The van der Waals surface area contributed by atoms with Crippen molar-refractivity contribution in [3.8, 4) is 0 Å². The molecule has 0 aliphatic heterocycles. The van der Waals surface area contributed by atoms with Gasteiger partial charge in [-0.1, -0.05) is 0 Å². The summed E-state index contributed by atoms with van der Waals surface area (Å²) in [6, 6.07) is 6.74. The number of hydrogen-bond acceptors (Lipinski definition) is 6. The molecule has 2 rings (SSSR count). The number of carbonyl (C=O) groups excluding carboxylic acids is 2. The third kappa shape index (κ3) is 3.92. The van der Waals surface area contributed by atoms with Gasteiger partial charge in [-0.25, -0.2) is 10.9 Å². The van der Waals surface area contributed by atoms with E-state index in [0.717, 1.165) is 0 Å². The molecular formula is C14H14N4O4. The summed E-state index contributed by atoms with van der Waals surface area (Å²) in [4.78, 5) is 23.1. The van der Waals surface area contributed by atoms with Crippen LogP contribution in [-0.2, 0) is 9.59 Å². The molecule has 2 aromatic rings. The molecule has 2 amide bonds. The van der Waals surface area contributed by atoms with E-state index in [1.807, 2.05) is 0 Å². The average Bonchev–Trinajstić information content (AvgIpc) is 3.22. The third-order valence-corrected chi connectivity index (χ3v) is 2.61. The minimum absolute atomic E-state index is 0.432. The van der Waals surface area contributed by atoms with E-state index in [2.05, 4.69) is 21.1 Å². The molecule has 0 aromatic carbocycles. The van der Waals surface area contributed by atoms with E-state index in [0.29, 0.717) is 22.9 Å². The molecule has 2 N–H and O–H groups in total. The first-order valence-corrected chi connectivity index (χ1v) is 6.34. The van der Waals surface area contributed by atoms with Gasteiger partial charge in [-0.15, -0.1) is 0 Å². The van der Waals surface area contributed by atoms with Crippen molar-refractivity contribution in [3.05, 3.63) is 48.3 Å². The molecule has 2 heterocycles. The van der Waals surface area contributed by atoms with Crippen LogP contribution in [0.3, 0.4) is 0 Å². The van der Waals surface area contributed by atoms with Crippen molar-refractivity contribution in [1.82, 2.24) is 10.9 Å². The Kier molecular flexibility index (Phi) is 4.86. The van der Waals surface area contributed by atoms with Gasteiger partial charge >= 0.3 is 11.8 Å². The van der Waals surface area contributed by atoms with Crippen LogP contribution < -0.4 is 10.9 Å². The topological polar surface area (TPSA) is 109 Å². The predicted octanol–water partition coefficient (Wildman–Crippen LogP) is 1.25. The first-order chi connectivity index (χ1) is 10.6. The highest BCUT2D eigenvalue weighted by Crippen LogP contribution is 2.01. The first kappa shape index (κ1) is 15.2. The molecular weight excluding hydrogens is 288 g/mol. The molecule has 0 radical (unpaired) electrons. The molecule has 0 aliphatic carbocycles. The number of nitrogens with one attached hydrogen (secondary N) is 2. The summed E-state index contributed by atoms with van der Waals surface area (Å²) in [6.07, 6.45) is 2.96. The van der Waals surface area contributed by atoms with Crippen LogP contribution in [0.4, 0.5) is 0 Å². The molecule has 0 bridgehead atoms. The molecule has 0 spiro atoms. The molecule has 0 saturated heterocycles. The van der Waals surface area contributed by atoms with Crippen LogP contribution in [0.5, 0.6) is 0 Å². The highest BCUT2D eigenvalue weighted by atomic mass is 16.3. The fraction of sp³-hybridized carbons (Fsp3) is 0.143. The molecule has 114 valence electrons. The normalized spacial score (nSPS) is 12.1. The van der Waals surface area contributed by atoms with Crippen LogP contribution in [-0.4, -0.2) is 23.2 Å². The molecule has 8 heteroatoms. The Morgan fingerprint density at radius 2 is 1.27 bits per heavy atom. The van der Waals surface area contributed by atoms with Gasteiger partial charge in [-0.2, -0.15) is 10.2 Å². The van der Waals surface area contributed by atoms with Crippen molar-refractivity contribution in [1.29, 1.82) is 0 Å². The number of carbonyl (C=O) groups is 2. The number of furan rings is 2. The van der Waals surface area contributed by atoms with Crippen LogP contribution in [0.2, 0.25) is 0 Å². The fourth-order valence-corrected chi connectivity index (χ4v) is 1.45. The Labute approximate surface area is 125 Å². The zero-order chi connectivity index (χ0) is 15.9. The van der Waals surface area contributed by atoms with Gasteiger partial charge in [0.05, 0.1) is 12.5 Å². The summed E-state index contributed by atoms with van der Waals surface area (Å²) in [5.74, 6) is -0.899. The summed E-state index contributed by atoms with van der Waals surface area (Å²) in [7, 11) is 0. The molecule has 0 unspecified atom stereocenters. The standard InChI is InChI=1S/C14H14N4O4/c1-9(11-5-3-7-21-11)15-17-13(19)14(20)18-16-10(2)12-6-4-8-22-12/h3-8H,1-2H3,(H,17,19)(H,18,20)/b15-9-,16-10-. The van der Waals surface area contributed by atoms with E-state index in [1.165, 1.54) is 12.5 Å². The van der Waals surface area contributed by atoms with Crippen LogP contribution >= 0.6 is 0 Å². The summed E-state index contributed by atoms with van der Waals surface area (Å²) in [5.41, 5.74) is 5.09. The lowest BCUT2D eigenvalue weighted by Crippen LogP contribution is -2.36. The lowest BCUT2D eigenvalue weighted by molar-refractivity contribution is -0.139. The second kappa shape index (κ2) is 7.02. The number of hydrazone groups is 2. The Bertz CT molecular complexity index is 637. The molecule has 2 aromatic heterocycles. The number of rotatable bonds is 4. The first-order valence-electron chi connectivity index (χ1n) is 6.34. The fourth-order valence-electron chi connectivity index (χ4n) is 1.45. The van der Waals surface area contributed by atoms with Gasteiger partial charge in [0.2, 0.25) is 0 Å². The zero-order valence-electron chi connectivity index (χ0n) is 12.0. The van der Waals surface area contributed by atoms with Gasteiger partial charge in [-0.3, -0.25) is 9.59 Å². The number of amides is 2. The predicted molar refractivity (Wildman–Crippen MR) is 78.1 cm³/mol. The highest BCUT2D eigenvalue weighted by molar-refractivity contribution is 6.35. The Hall–Kier alpha value is -3.16. The second-order valence-corrected chi connectivity index (χ2v) is 4.23. The lowest BCUT2D eigenvalue weighted by atomic mass is 10.3. The second-order valence-electron chi connectivity index (χ2n) is 4.23. The van der Waals surface area contributed by atoms with E-state index in [9.17, 15) is 9.59 Å². The molecule has 0 aliphatic rings. The molecule has 22 heavy (non-hydrogen) atoms. The molecule has 0 fully saturated rings. The van der Waals surface area contributed by atoms with E-state index < -0.39 is 11.8 Å². The van der Waals surface area contributed by atoms with Crippen molar-refractivity contribution in [2.75, 3.05) is 0 Å². The summed E-state index contributed by atoms with van der Waals surface area (Å²) >= 11 is 0. The van der Waals surface area contributed by atoms with Crippen molar-refractivity contribution < 1.29 is 18.4 Å². The van der Waals surface area contributed by atoms with Crippen LogP contribution in [0.25, 0.3) is 0 Å². The summed E-state index contributed by atoms with van der Waals surface area (Å²) in [5, 5.41) is 7.52. The van der Waals surface area contributed by atoms with Crippen LogP contribution in [0.1, 0.15) is 25.4 Å². The summed E-state index contributed by atoms with van der Waals surface area (Å²) < 4.78 is 10.2. The van der Waals surface area contributed by atoms with Gasteiger partial charge < -0.3 is 8.83 Å². The van der Waals surface area contributed by atoms with E-state index >= 15 is 0 Å². The average molecular weight is 302 g/mol. The Balaban J connectivity index is 1.89. The largest absolute Gasteiger partial charge is 0.463 e. The minimum Gasteiger partial charge on any atom is -0.463 e. The Morgan fingerprint density at radius 1 is 0.864 bits per heavy atom. The lowest BCUT2D eigenvalue weighted by Gasteiger charge is -2.01. The smallest absolute Gasteiger partial charge is 0.331 e. The number of nitrogens with zero attached hydrogens (tertiary/aromatic N) is 2. The van der Waals surface area contributed by atoms with Crippen molar-refractivity contribution in [3.63, 3.8) is 0 Å². The van der Waals surface area contributed by atoms with E-state index in [1.54, 1.807) is 38.1 Å². The number of hydrogen-bond donors (Lipinski definition) is 2. The van der Waals surface area contributed by atoms with Crippen LogP contribution in [0.15, 0.2) is 55.8 Å². The quantitative estimate of drug-likeness (QED) is 0.503. The third-order valence-electron chi connectivity index (χ3n) is 2.61. The monoisotopic (exact) mass is 302 g/mol. The van der Waals surface area contributed by atoms with E-state index in [4.69, 9.17) is 8.83 Å². The zero-order valence-corrected chi connectivity index (χ0v) is 12.0. The van der Waals surface area contributed by atoms with E-state index in [-0.39, 0.29) is 0 Å². The maximum atomic E-state index is 11.6. The Morgan fingerprint density at radius 3 is 1.59 bits per heavy atom. The van der Waals surface area contributed by atoms with Crippen molar-refractivity contribution >= 4 is 23.2 Å². The maximum Gasteiger partial charge on any atom is 0.331 e. The molecule has 0 saturated carbocycles. The molecule has 8 nitrogen and oxygen atoms in total. The van der Waals surface area contributed by atoms with Crippen molar-refractivity contribution in [2.24, 2.45) is 10.2 Å². The minimum atomic E-state index is -0.943. The molecule has 0 atom stereocenters. The van der Waals surface area contributed by atoms with Gasteiger partial charge in [0, 0.05) is 0 Å². The SMILES string of the molecule is C/C(=N/NC(=O)C(=O)N/N=C(/C)c1ccco1)c1ccco1. The van der Waals surface area contributed by atoms with Gasteiger partial charge in [0.15, 0.2) is 0 Å². The van der Waals surface area contributed by atoms with Crippen LogP contribution in [0, 0.1) is 0 Å². The van der Waals surface area contributed by atoms with Crippen molar-refractivity contribution in [2.45, 2.75) is 13.8 Å².